The molecule has 7 heteroatoms. The van der Waals surface area contributed by atoms with Crippen molar-refractivity contribution >= 4 is 17.3 Å². The van der Waals surface area contributed by atoms with Crippen molar-refractivity contribution in [2.24, 2.45) is 5.92 Å². The minimum Gasteiger partial charge on any atom is -0.385 e. The fourth-order valence-corrected chi connectivity index (χ4v) is 1.99. The maximum atomic E-state index is 12.8. The molecule has 1 aromatic heterocycles. The molecular weight excluding hydrogens is 279 g/mol. The molecule has 3 nitrogen and oxygen atoms in total. The number of aromatic nitrogens is 2. The molecule has 1 aromatic rings. The molecule has 0 aliphatic heterocycles. The predicted octanol–water partition coefficient (Wildman–Crippen LogP) is 3.51. The quantitative estimate of drug-likeness (QED) is 0.863. The fourth-order valence-electron chi connectivity index (χ4n) is 1.86. The standard InChI is InChI=1S/C12H13ClF3N3/c1-7(17-5-8-3-2-4-8)9-6-18-11(13)19-10(9)12(14,15)16/h6,8,17H,1-5H2. The van der Waals surface area contributed by atoms with Gasteiger partial charge >= 0.3 is 6.18 Å². The van der Waals surface area contributed by atoms with E-state index in [1.165, 1.54) is 6.42 Å². The molecule has 1 aliphatic rings. The molecule has 0 saturated heterocycles. The van der Waals surface area contributed by atoms with Gasteiger partial charge in [0.1, 0.15) is 0 Å². The summed E-state index contributed by atoms with van der Waals surface area (Å²) in [5.41, 5.74) is -1.04. The van der Waals surface area contributed by atoms with Gasteiger partial charge in [0, 0.05) is 24.0 Å². The highest BCUT2D eigenvalue weighted by Gasteiger charge is 2.36. The smallest absolute Gasteiger partial charge is 0.385 e. The average Bonchev–Trinajstić information content (AvgIpc) is 2.25. The van der Waals surface area contributed by atoms with Crippen LogP contribution >= 0.6 is 11.6 Å². The van der Waals surface area contributed by atoms with Crippen LogP contribution in [0.1, 0.15) is 30.5 Å². The summed E-state index contributed by atoms with van der Waals surface area (Å²) >= 11 is 5.41. The number of alkyl halides is 3. The van der Waals surface area contributed by atoms with E-state index in [2.05, 4.69) is 21.9 Å². The van der Waals surface area contributed by atoms with E-state index in [0.29, 0.717) is 12.5 Å². The van der Waals surface area contributed by atoms with Gasteiger partial charge in [0.15, 0.2) is 5.69 Å². The van der Waals surface area contributed by atoms with Crippen molar-refractivity contribution in [2.45, 2.75) is 25.4 Å². The van der Waals surface area contributed by atoms with Crippen LogP contribution in [0.3, 0.4) is 0 Å². The summed E-state index contributed by atoms with van der Waals surface area (Å²) in [6.45, 7) is 4.25. The highest BCUT2D eigenvalue weighted by molar-refractivity contribution is 6.28. The Labute approximate surface area is 113 Å². The van der Waals surface area contributed by atoms with Gasteiger partial charge in [-0.15, -0.1) is 0 Å². The lowest BCUT2D eigenvalue weighted by atomic mass is 9.85. The molecule has 0 bridgehead atoms. The third-order valence-electron chi connectivity index (χ3n) is 3.18. The molecule has 0 spiro atoms. The monoisotopic (exact) mass is 291 g/mol. The first-order valence-corrected chi connectivity index (χ1v) is 6.28. The Balaban J connectivity index is 2.15. The first kappa shape index (κ1) is 14.1. The lowest BCUT2D eigenvalue weighted by Crippen LogP contribution is -2.27. The van der Waals surface area contributed by atoms with Crippen molar-refractivity contribution in [1.82, 2.24) is 15.3 Å². The third kappa shape index (κ3) is 3.37. The predicted molar refractivity (Wildman–Crippen MR) is 66.4 cm³/mol. The summed E-state index contributed by atoms with van der Waals surface area (Å²) < 4.78 is 38.5. The van der Waals surface area contributed by atoms with Crippen molar-refractivity contribution < 1.29 is 13.2 Å². The van der Waals surface area contributed by atoms with Crippen molar-refractivity contribution in [2.75, 3.05) is 6.54 Å². The highest BCUT2D eigenvalue weighted by atomic mass is 35.5. The molecule has 2 rings (SSSR count). The molecule has 104 valence electrons. The molecule has 1 fully saturated rings. The van der Waals surface area contributed by atoms with E-state index in [4.69, 9.17) is 11.6 Å². The summed E-state index contributed by atoms with van der Waals surface area (Å²) in [6, 6.07) is 0. The zero-order valence-electron chi connectivity index (χ0n) is 10.1. The third-order valence-corrected chi connectivity index (χ3v) is 3.36. The minimum atomic E-state index is -4.58. The molecule has 0 atom stereocenters. The lowest BCUT2D eigenvalue weighted by Gasteiger charge is -2.26. The van der Waals surface area contributed by atoms with E-state index in [1.54, 1.807) is 0 Å². The highest BCUT2D eigenvalue weighted by Crippen LogP contribution is 2.33. The zero-order valence-corrected chi connectivity index (χ0v) is 10.9. The molecular formula is C12H13ClF3N3. The van der Waals surface area contributed by atoms with Crippen LogP contribution in [0.15, 0.2) is 12.8 Å². The van der Waals surface area contributed by atoms with Gasteiger partial charge in [0.05, 0.1) is 0 Å². The van der Waals surface area contributed by atoms with E-state index in [0.717, 1.165) is 19.0 Å². The zero-order chi connectivity index (χ0) is 14.0. The Morgan fingerprint density at radius 1 is 1.47 bits per heavy atom. The van der Waals surface area contributed by atoms with Crippen molar-refractivity contribution in [3.05, 3.63) is 29.3 Å². The molecule has 0 amide bonds. The summed E-state index contributed by atoms with van der Waals surface area (Å²) in [4.78, 5) is 6.84. The lowest BCUT2D eigenvalue weighted by molar-refractivity contribution is -0.141. The van der Waals surface area contributed by atoms with Gasteiger partial charge in [-0.1, -0.05) is 13.0 Å². The number of hydrogen-bond donors (Lipinski definition) is 1. The number of hydrogen-bond acceptors (Lipinski definition) is 3. The summed E-state index contributed by atoms with van der Waals surface area (Å²) in [5.74, 6) is 0.513. The normalized spacial score (nSPS) is 16.0. The van der Waals surface area contributed by atoms with Crippen LogP contribution < -0.4 is 5.32 Å². The van der Waals surface area contributed by atoms with Gasteiger partial charge in [-0.05, 0) is 30.4 Å². The van der Waals surface area contributed by atoms with Crippen LogP contribution in [0.2, 0.25) is 5.28 Å². The van der Waals surface area contributed by atoms with Crippen molar-refractivity contribution in [3.63, 3.8) is 0 Å². The van der Waals surface area contributed by atoms with E-state index in [1.807, 2.05) is 0 Å². The Kier molecular flexibility index (Phi) is 3.99. The maximum Gasteiger partial charge on any atom is 0.434 e. The average molecular weight is 292 g/mol. The van der Waals surface area contributed by atoms with Crippen molar-refractivity contribution in [1.29, 1.82) is 0 Å². The van der Waals surface area contributed by atoms with E-state index < -0.39 is 17.2 Å². The molecule has 1 heterocycles. The number of rotatable bonds is 4. The van der Waals surface area contributed by atoms with Gasteiger partial charge in [-0.2, -0.15) is 13.2 Å². The van der Waals surface area contributed by atoms with Crippen LogP contribution in [0.4, 0.5) is 13.2 Å². The molecule has 0 radical (unpaired) electrons. The first-order chi connectivity index (χ1) is 8.88. The maximum absolute atomic E-state index is 12.8. The van der Waals surface area contributed by atoms with Crippen LogP contribution in [0.25, 0.3) is 5.70 Å². The van der Waals surface area contributed by atoms with Gasteiger partial charge in [0.25, 0.3) is 0 Å². The first-order valence-electron chi connectivity index (χ1n) is 5.91. The second-order valence-corrected chi connectivity index (χ2v) is 4.89. The van der Waals surface area contributed by atoms with E-state index in [9.17, 15) is 13.2 Å². The van der Waals surface area contributed by atoms with Crippen molar-refractivity contribution in [3.8, 4) is 0 Å². The summed E-state index contributed by atoms with van der Waals surface area (Å²) in [5, 5.41) is 2.49. The molecule has 0 unspecified atom stereocenters. The molecule has 1 saturated carbocycles. The van der Waals surface area contributed by atoms with Gasteiger partial charge in [-0.25, -0.2) is 9.97 Å². The van der Waals surface area contributed by atoms with Crippen LogP contribution in [-0.4, -0.2) is 16.5 Å². The van der Waals surface area contributed by atoms with Gasteiger partial charge in [-0.3, -0.25) is 0 Å². The number of halogens is 4. The number of nitrogens with zero attached hydrogens (tertiary/aromatic N) is 2. The topological polar surface area (TPSA) is 37.8 Å². The van der Waals surface area contributed by atoms with E-state index >= 15 is 0 Å². The van der Waals surface area contributed by atoms with Crippen LogP contribution in [0, 0.1) is 5.92 Å². The summed E-state index contributed by atoms with van der Waals surface area (Å²) in [6.07, 6.45) is -0.152. The molecule has 1 aliphatic carbocycles. The fraction of sp³-hybridized carbons (Fsp3) is 0.500. The Morgan fingerprint density at radius 2 is 2.16 bits per heavy atom. The largest absolute Gasteiger partial charge is 0.434 e. The van der Waals surface area contributed by atoms with Gasteiger partial charge < -0.3 is 5.32 Å². The SMILES string of the molecule is C=C(NCC1CCC1)c1cnc(Cl)nc1C(F)(F)F. The van der Waals surface area contributed by atoms with E-state index in [-0.39, 0.29) is 11.3 Å². The van der Waals surface area contributed by atoms with Crippen LogP contribution in [-0.2, 0) is 6.18 Å². The molecule has 1 N–H and O–H groups in total. The molecule has 19 heavy (non-hydrogen) atoms. The van der Waals surface area contributed by atoms with Crippen LogP contribution in [0.5, 0.6) is 0 Å². The Hall–Kier alpha value is -1.30. The Morgan fingerprint density at radius 3 is 2.68 bits per heavy atom. The second kappa shape index (κ2) is 5.36. The van der Waals surface area contributed by atoms with Gasteiger partial charge in [0.2, 0.25) is 5.28 Å². The summed E-state index contributed by atoms with van der Waals surface area (Å²) in [7, 11) is 0. The second-order valence-electron chi connectivity index (χ2n) is 4.56. The Bertz CT molecular complexity index is 484. The molecule has 0 aromatic carbocycles. The number of nitrogens with one attached hydrogen (secondary N) is 1. The minimum absolute atomic E-state index is 0.156.